The van der Waals surface area contributed by atoms with Crippen LogP contribution in [-0.2, 0) is 10.0 Å². The third-order valence-electron chi connectivity index (χ3n) is 6.55. The first-order valence-electron chi connectivity index (χ1n) is 10.0. The lowest BCUT2D eigenvalue weighted by Crippen LogP contribution is -2.58. The monoisotopic (exact) mass is 377 g/mol. The first-order valence-corrected chi connectivity index (χ1v) is 11.5. The number of aryl methyl sites for hydroxylation is 1. The van der Waals surface area contributed by atoms with E-state index in [0.717, 1.165) is 36.9 Å². The normalized spacial score (nSPS) is 32.2. The first-order chi connectivity index (χ1) is 12.5. The Bertz CT molecular complexity index is 713. The number of benzene rings is 1. The van der Waals surface area contributed by atoms with Gasteiger partial charge in [0.05, 0.1) is 4.90 Å². The fourth-order valence-corrected chi connectivity index (χ4v) is 6.05. The number of likely N-dealkylation sites (tertiary alicyclic amines) is 1. The van der Waals surface area contributed by atoms with Crippen LogP contribution in [0.3, 0.4) is 0 Å². The van der Waals surface area contributed by atoms with E-state index in [1.165, 1.54) is 38.9 Å². The Labute approximate surface area is 157 Å². The molecular formula is C20H31N3O2S. The molecule has 6 heteroatoms. The van der Waals surface area contributed by atoms with Crippen molar-refractivity contribution in [1.82, 2.24) is 14.5 Å². The number of sulfonamides is 1. The maximum atomic E-state index is 12.6. The molecule has 4 aliphatic rings. The molecule has 144 valence electrons. The number of nitrogens with zero attached hydrogens (tertiary/aromatic N) is 2. The topological polar surface area (TPSA) is 52.7 Å². The number of fused-ring (bicyclic) bond motifs is 3. The Kier molecular flexibility index (Phi) is 5.37. The first kappa shape index (κ1) is 18.4. The van der Waals surface area contributed by atoms with Crippen molar-refractivity contribution in [2.75, 3.05) is 39.3 Å². The third kappa shape index (κ3) is 3.98. The van der Waals surface area contributed by atoms with Gasteiger partial charge in [-0.1, -0.05) is 17.7 Å². The second kappa shape index (κ2) is 7.58. The Morgan fingerprint density at radius 1 is 1.12 bits per heavy atom. The summed E-state index contributed by atoms with van der Waals surface area (Å²) in [5.74, 6) is 1.53. The fourth-order valence-electron chi connectivity index (χ4n) is 4.97. The average molecular weight is 378 g/mol. The standard InChI is InChI=1S/C20H31N3O2S/c1-16-4-6-20(7-5-16)26(24,25)21-13-19-12-17-8-11-23(19)15-18(17)14-22-9-2-3-10-22/h4-7,17-19,21H,2-3,8-15H2,1H3. The second-order valence-electron chi connectivity index (χ2n) is 8.37. The SMILES string of the molecule is Cc1ccc(S(=O)(=O)NCC2CC3CCN2CC3CN2CCCC2)cc1. The van der Waals surface area contributed by atoms with Crippen LogP contribution in [0.5, 0.6) is 0 Å². The number of piperidine rings is 3. The van der Waals surface area contributed by atoms with Crippen molar-refractivity contribution < 1.29 is 8.42 Å². The van der Waals surface area contributed by atoms with Gasteiger partial charge in [-0.05, 0) is 76.2 Å². The predicted molar refractivity (Wildman–Crippen MR) is 104 cm³/mol. The zero-order valence-electron chi connectivity index (χ0n) is 15.7. The van der Waals surface area contributed by atoms with Crippen LogP contribution < -0.4 is 4.72 Å². The molecule has 0 aromatic heterocycles. The van der Waals surface area contributed by atoms with Gasteiger partial charge in [0.2, 0.25) is 10.0 Å². The zero-order valence-corrected chi connectivity index (χ0v) is 16.5. The minimum Gasteiger partial charge on any atom is -0.303 e. The molecule has 5 rings (SSSR count). The molecule has 4 fully saturated rings. The van der Waals surface area contributed by atoms with E-state index in [-0.39, 0.29) is 0 Å². The molecule has 1 N–H and O–H groups in total. The van der Waals surface area contributed by atoms with Gasteiger partial charge in [0.25, 0.3) is 0 Å². The van der Waals surface area contributed by atoms with Crippen molar-refractivity contribution in [3.05, 3.63) is 29.8 Å². The van der Waals surface area contributed by atoms with Crippen molar-refractivity contribution in [1.29, 1.82) is 0 Å². The van der Waals surface area contributed by atoms with Crippen LogP contribution in [0.1, 0.15) is 31.2 Å². The maximum absolute atomic E-state index is 12.6. The Morgan fingerprint density at radius 3 is 2.50 bits per heavy atom. The van der Waals surface area contributed by atoms with Crippen LogP contribution in [0.15, 0.2) is 29.2 Å². The van der Waals surface area contributed by atoms with E-state index in [0.29, 0.717) is 17.5 Å². The molecule has 0 aliphatic carbocycles. The smallest absolute Gasteiger partial charge is 0.240 e. The molecule has 2 bridgehead atoms. The van der Waals surface area contributed by atoms with Crippen molar-refractivity contribution >= 4 is 10.0 Å². The van der Waals surface area contributed by atoms with Gasteiger partial charge in [-0.15, -0.1) is 0 Å². The molecule has 0 radical (unpaired) electrons. The number of rotatable bonds is 6. The van der Waals surface area contributed by atoms with E-state index in [2.05, 4.69) is 14.5 Å². The molecule has 26 heavy (non-hydrogen) atoms. The van der Waals surface area contributed by atoms with E-state index in [9.17, 15) is 8.42 Å². The lowest BCUT2D eigenvalue weighted by Gasteiger charge is -2.50. The van der Waals surface area contributed by atoms with Gasteiger partial charge in [-0.3, -0.25) is 4.90 Å². The van der Waals surface area contributed by atoms with Crippen LogP contribution in [0, 0.1) is 18.8 Å². The summed E-state index contributed by atoms with van der Waals surface area (Å²) in [7, 11) is -3.41. The molecule has 5 nitrogen and oxygen atoms in total. The van der Waals surface area contributed by atoms with E-state index in [1.54, 1.807) is 12.1 Å². The maximum Gasteiger partial charge on any atom is 0.240 e. The summed E-state index contributed by atoms with van der Waals surface area (Å²) in [6.45, 7) is 8.53. The second-order valence-corrected chi connectivity index (χ2v) is 10.1. The summed E-state index contributed by atoms with van der Waals surface area (Å²) in [5.41, 5.74) is 1.07. The molecule has 0 spiro atoms. The molecule has 0 amide bonds. The molecule has 4 saturated heterocycles. The molecule has 0 saturated carbocycles. The minimum atomic E-state index is -3.41. The van der Waals surface area contributed by atoms with Crippen LogP contribution in [0.25, 0.3) is 0 Å². The van der Waals surface area contributed by atoms with Crippen molar-refractivity contribution in [2.45, 2.75) is 43.5 Å². The highest BCUT2D eigenvalue weighted by Crippen LogP contribution is 2.37. The fraction of sp³-hybridized carbons (Fsp3) is 0.700. The van der Waals surface area contributed by atoms with Gasteiger partial charge in [-0.25, -0.2) is 13.1 Å². The van der Waals surface area contributed by atoms with E-state index >= 15 is 0 Å². The number of hydrogen-bond acceptors (Lipinski definition) is 4. The average Bonchev–Trinajstić information content (AvgIpc) is 3.14. The van der Waals surface area contributed by atoms with Gasteiger partial charge in [0.15, 0.2) is 0 Å². The quantitative estimate of drug-likeness (QED) is 0.825. The van der Waals surface area contributed by atoms with Gasteiger partial charge in [0, 0.05) is 25.7 Å². The molecule has 4 aliphatic heterocycles. The summed E-state index contributed by atoms with van der Waals surface area (Å²) >= 11 is 0. The van der Waals surface area contributed by atoms with Crippen molar-refractivity contribution in [3.8, 4) is 0 Å². The Balaban J connectivity index is 1.33. The number of nitrogens with one attached hydrogen (secondary N) is 1. The van der Waals surface area contributed by atoms with Gasteiger partial charge >= 0.3 is 0 Å². The largest absolute Gasteiger partial charge is 0.303 e. The van der Waals surface area contributed by atoms with Gasteiger partial charge in [-0.2, -0.15) is 0 Å². The minimum absolute atomic E-state index is 0.351. The summed E-state index contributed by atoms with van der Waals surface area (Å²) in [4.78, 5) is 5.52. The molecule has 4 heterocycles. The van der Waals surface area contributed by atoms with E-state index < -0.39 is 10.0 Å². The van der Waals surface area contributed by atoms with Crippen molar-refractivity contribution in [2.24, 2.45) is 11.8 Å². The summed E-state index contributed by atoms with van der Waals surface area (Å²) in [6, 6.07) is 7.44. The van der Waals surface area contributed by atoms with Crippen LogP contribution in [-0.4, -0.2) is 63.5 Å². The molecule has 4 unspecified atom stereocenters. The Hall–Kier alpha value is -0.950. The third-order valence-corrected chi connectivity index (χ3v) is 7.99. The lowest BCUT2D eigenvalue weighted by atomic mass is 9.75. The van der Waals surface area contributed by atoms with E-state index in [4.69, 9.17) is 0 Å². The summed E-state index contributed by atoms with van der Waals surface area (Å²) < 4.78 is 28.0. The molecule has 4 atom stereocenters. The van der Waals surface area contributed by atoms with E-state index in [1.807, 2.05) is 19.1 Å². The summed E-state index contributed by atoms with van der Waals surface area (Å²) in [6.07, 6.45) is 5.11. The van der Waals surface area contributed by atoms with Crippen LogP contribution in [0.2, 0.25) is 0 Å². The lowest BCUT2D eigenvalue weighted by molar-refractivity contribution is -0.00770. The Morgan fingerprint density at radius 2 is 1.85 bits per heavy atom. The molecule has 1 aromatic rings. The highest BCUT2D eigenvalue weighted by atomic mass is 32.2. The van der Waals surface area contributed by atoms with Crippen LogP contribution >= 0.6 is 0 Å². The van der Waals surface area contributed by atoms with Gasteiger partial charge in [0.1, 0.15) is 0 Å². The molecule has 1 aromatic carbocycles. The number of hydrogen-bond donors (Lipinski definition) is 1. The zero-order chi connectivity index (χ0) is 18.1. The van der Waals surface area contributed by atoms with Crippen LogP contribution in [0.4, 0.5) is 0 Å². The highest BCUT2D eigenvalue weighted by Gasteiger charge is 2.40. The van der Waals surface area contributed by atoms with Gasteiger partial charge < -0.3 is 4.90 Å². The predicted octanol–water partition coefficient (Wildman–Crippen LogP) is 2.08. The molecular weight excluding hydrogens is 346 g/mol. The highest BCUT2D eigenvalue weighted by molar-refractivity contribution is 7.89. The van der Waals surface area contributed by atoms with Crippen molar-refractivity contribution in [3.63, 3.8) is 0 Å². The summed E-state index contributed by atoms with van der Waals surface area (Å²) in [5, 5.41) is 0.